The van der Waals surface area contributed by atoms with Crippen LogP contribution in [0.4, 0.5) is 0 Å². The van der Waals surface area contributed by atoms with E-state index in [1.54, 1.807) is 29.6 Å². The number of carbonyl (C=O) groups is 2. The number of nitrogens with zero attached hydrogens (tertiary/aromatic N) is 1. The highest BCUT2D eigenvalue weighted by Gasteiger charge is 2.44. The molecule has 28 heavy (non-hydrogen) atoms. The van der Waals surface area contributed by atoms with Crippen molar-refractivity contribution >= 4 is 46.2 Å². The second-order valence-corrected chi connectivity index (χ2v) is 7.76. The molecular formula is C19H17Cl2NO5S. The summed E-state index contributed by atoms with van der Waals surface area (Å²) in [6.07, 6.45) is 0. The molecule has 6 nitrogen and oxygen atoms in total. The minimum atomic E-state index is -0.871. The zero-order valence-electron chi connectivity index (χ0n) is 14.6. The monoisotopic (exact) mass is 441 g/mol. The average Bonchev–Trinajstić information content (AvgIpc) is 3.28. The topological polar surface area (TPSA) is 87.1 Å². The first kappa shape index (κ1) is 20.8. The number of hydrogen-bond donors (Lipinski definition) is 2. The summed E-state index contributed by atoms with van der Waals surface area (Å²) < 4.78 is 5.25. The predicted molar refractivity (Wildman–Crippen MR) is 107 cm³/mol. The summed E-state index contributed by atoms with van der Waals surface area (Å²) in [5.41, 5.74) is 0.448. The fraction of sp³-hybridized carbons (Fsp3) is 0.263. The van der Waals surface area contributed by atoms with Crippen LogP contribution in [0.15, 0.2) is 47.0 Å². The summed E-state index contributed by atoms with van der Waals surface area (Å²) in [4.78, 5) is 27.5. The van der Waals surface area contributed by atoms with Crippen LogP contribution in [0.3, 0.4) is 0 Å². The zero-order chi connectivity index (χ0) is 20.3. The Hall–Kier alpha value is -1.90. The number of ether oxygens (including phenoxy) is 1. The van der Waals surface area contributed by atoms with Crippen LogP contribution in [0, 0.1) is 0 Å². The van der Waals surface area contributed by atoms with E-state index in [9.17, 15) is 14.7 Å². The molecule has 1 aliphatic rings. The van der Waals surface area contributed by atoms with Gasteiger partial charge < -0.3 is 19.8 Å². The second kappa shape index (κ2) is 9.07. The molecule has 0 saturated heterocycles. The van der Waals surface area contributed by atoms with Crippen molar-refractivity contribution in [3.05, 3.63) is 67.5 Å². The van der Waals surface area contributed by atoms with Gasteiger partial charge in [0.15, 0.2) is 5.76 Å². The molecule has 1 aliphatic heterocycles. The van der Waals surface area contributed by atoms with Crippen molar-refractivity contribution in [2.24, 2.45) is 0 Å². The number of hydrogen-bond acceptors (Lipinski definition) is 6. The van der Waals surface area contributed by atoms with Gasteiger partial charge in [0.1, 0.15) is 0 Å². The fourth-order valence-corrected chi connectivity index (χ4v) is 4.22. The van der Waals surface area contributed by atoms with E-state index in [-0.39, 0.29) is 37.0 Å². The van der Waals surface area contributed by atoms with E-state index >= 15 is 0 Å². The van der Waals surface area contributed by atoms with Crippen molar-refractivity contribution in [2.45, 2.75) is 6.04 Å². The molecule has 148 valence electrons. The SMILES string of the molecule is O=C(C1=C(O)C(=O)N(CCOCCO)[C@H]1c1ccc(Cl)cc1Cl)c1cccs1. The van der Waals surface area contributed by atoms with Crippen LogP contribution < -0.4 is 0 Å². The first-order valence-electron chi connectivity index (χ1n) is 8.41. The number of halogens is 2. The molecular weight excluding hydrogens is 425 g/mol. The van der Waals surface area contributed by atoms with Crippen molar-refractivity contribution in [1.82, 2.24) is 4.90 Å². The first-order valence-corrected chi connectivity index (χ1v) is 10.0. The Kier molecular flexibility index (Phi) is 6.74. The number of rotatable bonds is 8. The highest BCUT2D eigenvalue weighted by atomic mass is 35.5. The largest absolute Gasteiger partial charge is 0.503 e. The van der Waals surface area contributed by atoms with Gasteiger partial charge in [-0.15, -0.1) is 11.3 Å². The minimum Gasteiger partial charge on any atom is -0.503 e. The quantitative estimate of drug-likeness (QED) is 0.482. The molecule has 2 N–H and O–H groups in total. The second-order valence-electron chi connectivity index (χ2n) is 5.97. The summed E-state index contributed by atoms with van der Waals surface area (Å²) in [7, 11) is 0. The van der Waals surface area contributed by atoms with Crippen LogP contribution in [0.5, 0.6) is 0 Å². The molecule has 3 rings (SSSR count). The van der Waals surface area contributed by atoms with Crippen molar-refractivity contribution in [3.63, 3.8) is 0 Å². The molecule has 2 heterocycles. The van der Waals surface area contributed by atoms with Gasteiger partial charge in [-0.3, -0.25) is 9.59 Å². The van der Waals surface area contributed by atoms with E-state index in [1.807, 2.05) is 0 Å². The number of aliphatic hydroxyl groups is 2. The minimum absolute atomic E-state index is 0.0289. The number of ketones is 1. The molecule has 0 fully saturated rings. The molecule has 0 bridgehead atoms. The van der Waals surface area contributed by atoms with Gasteiger partial charge in [-0.05, 0) is 29.1 Å². The number of Topliss-reactive ketones (excluding diaryl/α,β-unsaturated/α-hetero) is 1. The van der Waals surface area contributed by atoms with Gasteiger partial charge in [0.25, 0.3) is 5.91 Å². The Balaban J connectivity index is 2.02. The third kappa shape index (κ3) is 4.09. The molecule has 0 spiro atoms. The summed E-state index contributed by atoms with van der Waals surface area (Å²) in [6, 6.07) is 7.24. The predicted octanol–water partition coefficient (Wildman–Crippen LogP) is 3.64. The maximum atomic E-state index is 13.0. The number of carbonyl (C=O) groups excluding carboxylic acids is 2. The van der Waals surface area contributed by atoms with Crippen molar-refractivity contribution < 1.29 is 24.5 Å². The van der Waals surface area contributed by atoms with Crippen LogP contribution in [0.25, 0.3) is 0 Å². The van der Waals surface area contributed by atoms with Crippen LogP contribution in [0.1, 0.15) is 21.3 Å². The molecule has 2 aromatic rings. The number of thiophene rings is 1. The molecule has 9 heteroatoms. The van der Waals surface area contributed by atoms with Crippen molar-refractivity contribution in [2.75, 3.05) is 26.4 Å². The lowest BCUT2D eigenvalue weighted by molar-refractivity contribution is -0.130. The molecule has 0 aliphatic carbocycles. The van der Waals surface area contributed by atoms with Gasteiger partial charge in [0, 0.05) is 16.6 Å². The lowest BCUT2D eigenvalue weighted by Gasteiger charge is -2.27. The Bertz CT molecular complexity index is 913. The van der Waals surface area contributed by atoms with Gasteiger partial charge in [0.05, 0.1) is 36.3 Å². The third-order valence-electron chi connectivity index (χ3n) is 4.26. The van der Waals surface area contributed by atoms with Gasteiger partial charge in [-0.2, -0.15) is 0 Å². The van der Waals surface area contributed by atoms with E-state index in [0.29, 0.717) is 15.5 Å². The van der Waals surface area contributed by atoms with Crippen LogP contribution in [-0.2, 0) is 9.53 Å². The standard InChI is InChI=1S/C19H17Cl2NO5S/c20-11-3-4-12(13(21)10-11)16-15(17(24)14-2-1-9-28-14)18(25)19(26)22(16)5-7-27-8-6-23/h1-4,9-10,16,23,25H,5-8H2/t16-/m0/s1. The van der Waals surface area contributed by atoms with Gasteiger partial charge in [-0.25, -0.2) is 0 Å². The number of benzene rings is 1. The third-order valence-corrected chi connectivity index (χ3v) is 5.69. The van der Waals surface area contributed by atoms with E-state index in [4.69, 9.17) is 33.0 Å². The lowest BCUT2D eigenvalue weighted by Crippen LogP contribution is -2.34. The lowest BCUT2D eigenvalue weighted by atomic mass is 9.95. The van der Waals surface area contributed by atoms with E-state index in [2.05, 4.69) is 0 Å². The van der Waals surface area contributed by atoms with Crippen molar-refractivity contribution in [1.29, 1.82) is 0 Å². The van der Waals surface area contributed by atoms with E-state index in [1.165, 1.54) is 22.3 Å². The Morgan fingerprint density at radius 3 is 2.68 bits per heavy atom. The molecule has 0 unspecified atom stereocenters. The molecule has 0 radical (unpaired) electrons. The van der Waals surface area contributed by atoms with Crippen LogP contribution in [0.2, 0.25) is 10.0 Å². The molecule has 1 aromatic carbocycles. The molecule has 0 saturated carbocycles. The Morgan fingerprint density at radius 2 is 2.04 bits per heavy atom. The van der Waals surface area contributed by atoms with E-state index in [0.717, 1.165) is 0 Å². The normalized spacial score (nSPS) is 16.9. The van der Waals surface area contributed by atoms with Crippen LogP contribution >= 0.6 is 34.5 Å². The first-order chi connectivity index (χ1) is 13.5. The van der Waals surface area contributed by atoms with Gasteiger partial charge in [0.2, 0.25) is 5.78 Å². The smallest absolute Gasteiger partial charge is 0.290 e. The van der Waals surface area contributed by atoms with Crippen molar-refractivity contribution in [3.8, 4) is 0 Å². The maximum absolute atomic E-state index is 13.0. The Labute approximate surface area is 175 Å². The summed E-state index contributed by atoms with van der Waals surface area (Å²) in [5.74, 6) is -1.71. The number of aliphatic hydroxyl groups excluding tert-OH is 2. The zero-order valence-corrected chi connectivity index (χ0v) is 16.9. The fourth-order valence-electron chi connectivity index (χ4n) is 3.03. The van der Waals surface area contributed by atoms with Crippen LogP contribution in [-0.4, -0.2) is 53.2 Å². The average molecular weight is 442 g/mol. The van der Waals surface area contributed by atoms with Gasteiger partial charge in [-0.1, -0.05) is 35.3 Å². The highest BCUT2D eigenvalue weighted by molar-refractivity contribution is 7.12. The van der Waals surface area contributed by atoms with E-state index < -0.39 is 23.5 Å². The molecule has 1 amide bonds. The maximum Gasteiger partial charge on any atom is 0.290 e. The number of amides is 1. The van der Waals surface area contributed by atoms with Gasteiger partial charge >= 0.3 is 0 Å². The molecule has 1 aromatic heterocycles. The summed E-state index contributed by atoms with van der Waals surface area (Å²) >= 11 is 13.5. The summed E-state index contributed by atoms with van der Waals surface area (Å²) in [6.45, 7) is 0.205. The highest BCUT2D eigenvalue weighted by Crippen LogP contribution is 2.42. The molecule has 1 atom stereocenters. The Morgan fingerprint density at radius 1 is 1.25 bits per heavy atom. The summed E-state index contributed by atoms with van der Waals surface area (Å²) in [5, 5.41) is 21.8.